The molecule has 0 unspecified atom stereocenters. The number of amides is 1. The number of thiazole rings is 1. The summed E-state index contributed by atoms with van der Waals surface area (Å²) in [6, 6.07) is 7.74. The Bertz CT molecular complexity index is 904. The van der Waals surface area contributed by atoms with Gasteiger partial charge in [0.15, 0.2) is 10.8 Å². The van der Waals surface area contributed by atoms with Crippen molar-refractivity contribution in [2.24, 2.45) is 0 Å². The van der Waals surface area contributed by atoms with Crippen molar-refractivity contribution in [2.45, 2.75) is 19.9 Å². The zero-order chi connectivity index (χ0) is 18.7. The predicted octanol–water partition coefficient (Wildman–Crippen LogP) is 3.87. The number of nitrogens with zero attached hydrogens (tertiary/aromatic N) is 5. The van der Waals surface area contributed by atoms with Crippen molar-refractivity contribution >= 4 is 48.5 Å². The van der Waals surface area contributed by atoms with Crippen molar-refractivity contribution in [1.82, 2.24) is 19.7 Å². The Hall–Kier alpha value is -1.77. The minimum atomic E-state index is -0.103. The zero-order valence-corrected chi connectivity index (χ0v) is 17.5. The van der Waals surface area contributed by atoms with E-state index in [4.69, 9.17) is 0 Å². The molecule has 0 fully saturated rings. The predicted molar refractivity (Wildman–Crippen MR) is 110 cm³/mol. The van der Waals surface area contributed by atoms with Crippen LogP contribution in [0.5, 0.6) is 0 Å². The van der Waals surface area contributed by atoms with E-state index in [1.54, 1.807) is 15.6 Å². The summed E-state index contributed by atoms with van der Waals surface area (Å²) in [7, 11) is 4.06. The van der Waals surface area contributed by atoms with Crippen molar-refractivity contribution in [3.8, 4) is 0 Å². The average molecular weight is 436 g/mol. The molecule has 0 aliphatic heterocycles. The van der Waals surface area contributed by atoms with E-state index < -0.39 is 0 Å². The fraction of sp³-hybridized carbons (Fsp3) is 0.389. The Morgan fingerprint density at radius 1 is 1.27 bits per heavy atom. The lowest BCUT2D eigenvalue weighted by Crippen LogP contribution is -2.33. The number of carbonyl (C=O) groups is 1. The lowest BCUT2D eigenvalue weighted by atomic mass is 10.3. The number of benzene rings is 1. The zero-order valence-electron chi connectivity index (χ0n) is 15.1. The number of rotatable bonds is 7. The molecule has 0 spiro atoms. The molecule has 2 heterocycles. The molecule has 26 heavy (non-hydrogen) atoms. The summed E-state index contributed by atoms with van der Waals surface area (Å²) in [5, 5.41) is 5.09. The van der Waals surface area contributed by atoms with Gasteiger partial charge < -0.3 is 4.90 Å². The Morgan fingerprint density at radius 2 is 2.08 bits per heavy atom. The highest BCUT2D eigenvalue weighted by Crippen LogP contribution is 2.31. The lowest BCUT2D eigenvalue weighted by molar-refractivity contribution is 0.0980. The minimum absolute atomic E-state index is 0.103. The summed E-state index contributed by atoms with van der Waals surface area (Å²) >= 11 is 5.02. The molecule has 1 amide bonds. The lowest BCUT2D eigenvalue weighted by Gasteiger charge is -2.20. The molecular formula is C18H22BrN5OS. The van der Waals surface area contributed by atoms with Gasteiger partial charge in [-0.15, -0.1) is 0 Å². The van der Waals surface area contributed by atoms with Gasteiger partial charge in [-0.05, 0) is 58.3 Å². The maximum absolute atomic E-state index is 13.1. The molecule has 1 aromatic carbocycles. The number of carbonyl (C=O) groups excluding carboxylic acids is 1. The monoisotopic (exact) mass is 435 g/mol. The highest BCUT2D eigenvalue weighted by Gasteiger charge is 2.23. The van der Waals surface area contributed by atoms with Crippen molar-refractivity contribution in [1.29, 1.82) is 0 Å². The van der Waals surface area contributed by atoms with Crippen LogP contribution < -0.4 is 4.90 Å². The summed E-state index contributed by atoms with van der Waals surface area (Å²) in [6.07, 6.45) is 2.70. The average Bonchev–Trinajstić information content (AvgIpc) is 3.24. The van der Waals surface area contributed by atoms with Gasteiger partial charge in [0.1, 0.15) is 0 Å². The molecule has 0 radical (unpaired) electrons. The highest BCUT2D eigenvalue weighted by atomic mass is 79.9. The number of fused-ring (bicyclic) bond motifs is 1. The van der Waals surface area contributed by atoms with Gasteiger partial charge in [-0.2, -0.15) is 5.10 Å². The summed E-state index contributed by atoms with van der Waals surface area (Å²) in [6.45, 7) is 4.26. The van der Waals surface area contributed by atoms with E-state index in [1.165, 1.54) is 11.3 Å². The minimum Gasteiger partial charge on any atom is -0.309 e. The Kier molecular flexibility index (Phi) is 6.05. The van der Waals surface area contributed by atoms with Gasteiger partial charge in [0, 0.05) is 23.8 Å². The van der Waals surface area contributed by atoms with E-state index in [9.17, 15) is 4.79 Å². The maximum atomic E-state index is 13.1. The first-order valence-corrected chi connectivity index (χ1v) is 10.1. The molecule has 3 rings (SSSR count). The summed E-state index contributed by atoms with van der Waals surface area (Å²) in [5.41, 5.74) is 1.36. The van der Waals surface area contributed by atoms with Crippen LogP contribution in [0.1, 0.15) is 23.8 Å². The largest absolute Gasteiger partial charge is 0.309 e. The topological polar surface area (TPSA) is 54.3 Å². The molecule has 0 N–H and O–H groups in total. The van der Waals surface area contributed by atoms with E-state index >= 15 is 0 Å². The first-order chi connectivity index (χ1) is 12.5. The number of hydrogen-bond donors (Lipinski definition) is 0. The molecule has 138 valence electrons. The van der Waals surface area contributed by atoms with Gasteiger partial charge in [0.25, 0.3) is 5.91 Å². The Labute approximate surface area is 165 Å². The third-order valence-corrected chi connectivity index (χ3v) is 5.52. The van der Waals surface area contributed by atoms with Crippen molar-refractivity contribution in [2.75, 3.05) is 32.1 Å². The van der Waals surface area contributed by atoms with E-state index in [-0.39, 0.29) is 5.91 Å². The van der Waals surface area contributed by atoms with Gasteiger partial charge in [-0.3, -0.25) is 14.4 Å². The Morgan fingerprint density at radius 3 is 2.77 bits per heavy atom. The second-order valence-corrected chi connectivity index (χ2v) is 8.20. The van der Waals surface area contributed by atoms with Crippen LogP contribution in [-0.2, 0) is 6.54 Å². The molecule has 0 atom stereocenters. The third kappa shape index (κ3) is 4.31. The van der Waals surface area contributed by atoms with Crippen LogP contribution in [0.25, 0.3) is 10.2 Å². The van der Waals surface area contributed by atoms with E-state index in [1.807, 2.05) is 45.4 Å². The van der Waals surface area contributed by atoms with Crippen molar-refractivity contribution in [3.63, 3.8) is 0 Å². The standard InChI is InChI=1S/C18H22BrN5OS/c1-4-23-11-8-15(21-23)17(25)24(10-5-9-22(2)3)18-20-14-7-6-13(19)12-16(14)26-18/h6-8,11-12H,4-5,9-10H2,1-3H3. The van der Waals surface area contributed by atoms with Gasteiger partial charge in [-0.25, -0.2) is 4.98 Å². The van der Waals surface area contributed by atoms with Crippen LogP contribution in [-0.4, -0.2) is 52.8 Å². The molecule has 0 bridgehead atoms. The quantitative estimate of drug-likeness (QED) is 0.564. The molecule has 8 heteroatoms. The first-order valence-electron chi connectivity index (χ1n) is 8.54. The molecule has 0 saturated carbocycles. The van der Waals surface area contributed by atoms with Crippen LogP contribution in [0.15, 0.2) is 34.9 Å². The number of hydrogen-bond acceptors (Lipinski definition) is 5. The van der Waals surface area contributed by atoms with Crippen LogP contribution in [0.4, 0.5) is 5.13 Å². The molecule has 0 aliphatic rings. The molecule has 0 aliphatic carbocycles. The van der Waals surface area contributed by atoms with Crippen LogP contribution in [0.3, 0.4) is 0 Å². The second-order valence-electron chi connectivity index (χ2n) is 6.28. The second kappa shape index (κ2) is 8.28. The van der Waals surface area contributed by atoms with Gasteiger partial charge >= 0.3 is 0 Å². The van der Waals surface area contributed by atoms with Crippen LogP contribution in [0.2, 0.25) is 0 Å². The fourth-order valence-electron chi connectivity index (χ4n) is 2.62. The smallest absolute Gasteiger partial charge is 0.280 e. The van der Waals surface area contributed by atoms with Crippen molar-refractivity contribution < 1.29 is 4.79 Å². The first kappa shape index (κ1) is 19.0. The SMILES string of the molecule is CCn1ccc(C(=O)N(CCCN(C)C)c2nc3ccc(Br)cc3s2)n1. The van der Waals surface area contributed by atoms with E-state index in [0.29, 0.717) is 17.4 Å². The Balaban J connectivity index is 1.91. The van der Waals surface area contributed by atoms with E-state index in [0.717, 1.165) is 34.2 Å². The molecule has 2 aromatic heterocycles. The summed E-state index contributed by atoms with van der Waals surface area (Å²) in [4.78, 5) is 21.6. The van der Waals surface area contributed by atoms with Gasteiger partial charge in [0.05, 0.1) is 10.2 Å². The molecule has 6 nitrogen and oxygen atoms in total. The molecule has 3 aromatic rings. The van der Waals surface area contributed by atoms with E-state index in [2.05, 4.69) is 30.9 Å². The number of anilines is 1. The van der Waals surface area contributed by atoms with Gasteiger partial charge in [-0.1, -0.05) is 27.3 Å². The number of aryl methyl sites for hydroxylation is 1. The van der Waals surface area contributed by atoms with Gasteiger partial charge in [0.2, 0.25) is 0 Å². The summed E-state index contributed by atoms with van der Waals surface area (Å²) in [5.74, 6) is -0.103. The van der Waals surface area contributed by atoms with Crippen LogP contribution >= 0.6 is 27.3 Å². The highest BCUT2D eigenvalue weighted by molar-refractivity contribution is 9.10. The van der Waals surface area contributed by atoms with Crippen molar-refractivity contribution in [3.05, 3.63) is 40.6 Å². The third-order valence-electron chi connectivity index (χ3n) is 3.99. The molecule has 0 saturated heterocycles. The number of halogens is 1. The number of aromatic nitrogens is 3. The van der Waals surface area contributed by atoms with Crippen LogP contribution in [0, 0.1) is 0 Å². The fourth-order valence-corrected chi connectivity index (χ4v) is 4.16. The summed E-state index contributed by atoms with van der Waals surface area (Å²) < 4.78 is 3.83. The maximum Gasteiger partial charge on any atom is 0.280 e. The molecular weight excluding hydrogens is 414 g/mol. The normalized spacial score (nSPS) is 11.4.